The highest BCUT2D eigenvalue weighted by molar-refractivity contribution is 5.90. The molecule has 0 fully saturated rings. The van der Waals surface area contributed by atoms with E-state index in [-0.39, 0.29) is 11.8 Å². The molecule has 3 aromatic rings. The molecule has 0 aliphatic carbocycles. The maximum absolute atomic E-state index is 11.9. The van der Waals surface area contributed by atoms with Crippen molar-refractivity contribution >= 4 is 16.8 Å². The standard InChI is InChI=1S/C15H16N4O3/c1-21-8-2-6-17-14(20)15-18-13(19-22-15)11-4-3-10-5-7-16-12(10)9-11/h3-5,7,9,16H,2,6,8H2,1H3,(H,17,20). The van der Waals surface area contributed by atoms with E-state index in [0.29, 0.717) is 19.0 Å². The quantitative estimate of drug-likeness (QED) is 0.679. The van der Waals surface area contributed by atoms with Crippen LogP contribution >= 0.6 is 0 Å². The number of H-pyrrole nitrogens is 1. The number of methoxy groups -OCH3 is 1. The first kappa shape index (κ1) is 14.3. The number of hydrogen-bond acceptors (Lipinski definition) is 5. The predicted molar refractivity (Wildman–Crippen MR) is 80.4 cm³/mol. The first-order valence-electron chi connectivity index (χ1n) is 6.96. The van der Waals surface area contributed by atoms with Gasteiger partial charge in [0.25, 0.3) is 0 Å². The van der Waals surface area contributed by atoms with Gasteiger partial charge in [0.2, 0.25) is 5.82 Å². The fourth-order valence-corrected chi connectivity index (χ4v) is 2.11. The van der Waals surface area contributed by atoms with Gasteiger partial charge in [0.15, 0.2) is 0 Å². The van der Waals surface area contributed by atoms with Crippen LogP contribution in [0.1, 0.15) is 17.1 Å². The summed E-state index contributed by atoms with van der Waals surface area (Å²) in [6, 6.07) is 7.75. The Morgan fingerprint density at radius 2 is 2.32 bits per heavy atom. The van der Waals surface area contributed by atoms with Crippen molar-refractivity contribution in [2.45, 2.75) is 6.42 Å². The Labute approximate surface area is 126 Å². The highest BCUT2D eigenvalue weighted by atomic mass is 16.5. The van der Waals surface area contributed by atoms with E-state index >= 15 is 0 Å². The first-order valence-corrected chi connectivity index (χ1v) is 6.96. The number of fused-ring (bicyclic) bond motifs is 1. The molecule has 0 radical (unpaired) electrons. The van der Waals surface area contributed by atoms with Gasteiger partial charge in [-0.3, -0.25) is 4.79 Å². The number of nitrogens with one attached hydrogen (secondary N) is 2. The summed E-state index contributed by atoms with van der Waals surface area (Å²) in [4.78, 5) is 19.1. The van der Waals surface area contributed by atoms with Crippen LogP contribution in [0.4, 0.5) is 0 Å². The second-order valence-corrected chi connectivity index (χ2v) is 4.81. The molecule has 0 saturated heterocycles. The highest BCUT2D eigenvalue weighted by Crippen LogP contribution is 2.21. The van der Waals surface area contributed by atoms with Gasteiger partial charge in [0, 0.05) is 37.5 Å². The number of aromatic nitrogens is 3. The van der Waals surface area contributed by atoms with E-state index in [9.17, 15) is 4.79 Å². The van der Waals surface area contributed by atoms with Crippen LogP contribution in [-0.2, 0) is 4.74 Å². The summed E-state index contributed by atoms with van der Waals surface area (Å²) in [5.41, 5.74) is 1.77. The van der Waals surface area contributed by atoms with Crippen molar-refractivity contribution in [3.63, 3.8) is 0 Å². The lowest BCUT2D eigenvalue weighted by Gasteiger charge is -2.00. The topological polar surface area (TPSA) is 93.0 Å². The normalized spacial score (nSPS) is 11.0. The fourth-order valence-electron chi connectivity index (χ4n) is 2.11. The molecule has 0 aliphatic heterocycles. The third-order valence-corrected chi connectivity index (χ3v) is 3.24. The van der Waals surface area contributed by atoms with E-state index in [1.54, 1.807) is 7.11 Å². The largest absolute Gasteiger partial charge is 0.385 e. The minimum absolute atomic E-state index is 0.0426. The third kappa shape index (κ3) is 2.99. The summed E-state index contributed by atoms with van der Waals surface area (Å²) >= 11 is 0. The van der Waals surface area contributed by atoms with Gasteiger partial charge < -0.3 is 19.6 Å². The molecule has 7 nitrogen and oxygen atoms in total. The van der Waals surface area contributed by atoms with Crippen LogP contribution in [0.3, 0.4) is 0 Å². The molecule has 0 unspecified atom stereocenters. The zero-order chi connectivity index (χ0) is 15.4. The van der Waals surface area contributed by atoms with E-state index < -0.39 is 0 Å². The number of amides is 1. The summed E-state index contributed by atoms with van der Waals surface area (Å²) in [5, 5.41) is 7.66. The monoisotopic (exact) mass is 300 g/mol. The maximum Gasteiger partial charge on any atom is 0.316 e. The molecular weight excluding hydrogens is 284 g/mol. The Morgan fingerprint density at radius 3 is 3.18 bits per heavy atom. The van der Waals surface area contributed by atoms with Gasteiger partial charge in [-0.2, -0.15) is 4.98 Å². The lowest BCUT2D eigenvalue weighted by Crippen LogP contribution is -2.25. The fraction of sp³-hybridized carbons (Fsp3) is 0.267. The minimum atomic E-state index is -0.379. The number of carbonyl (C=O) groups excluding carboxylic acids is 1. The first-order chi connectivity index (χ1) is 10.8. The number of ether oxygens (including phenoxy) is 1. The highest BCUT2D eigenvalue weighted by Gasteiger charge is 2.15. The molecular formula is C15H16N4O3. The zero-order valence-electron chi connectivity index (χ0n) is 12.1. The Kier molecular flexibility index (Phi) is 4.15. The molecule has 7 heteroatoms. The van der Waals surface area contributed by atoms with Crippen molar-refractivity contribution in [2.24, 2.45) is 0 Å². The Morgan fingerprint density at radius 1 is 1.41 bits per heavy atom. The second kappa shape index (κ2) is 6.40. The van der Waals surface area contributed by atoms with Crippen LogP contribution in [0.15, 0.2) is 35.0 Å². The molecule has 1 aromatic carbocycles. The lowest BCUT2D eigenvalue weighted by atomic mass is 10.1. The van der Waals surface area contributed by atoms with Crippen molar-refractivity contribution in [3.8, 4) is 11.4 Å². The average Bonchev–Trinajstić information content (AvgIpc) is 3.19. The molecule has 0 spiro atoms. The molecule has 2 heterocycles. The number of hydrogen-bond donors (Lipinski definition) is 2. The van der Waals surface area contributed by atoms with Gasteiger partial charge >= 0.3 is 11.8 Å². The lowest BCUT2D eigenvalue weighted by molar-refractivity contribution is 0.0905. The van der Waals surface area contributed by atoms with Crippen LogP contribution in [-0.4, -0.2) is 41.3 Å². The number of rotatable bonds is 6. The van der Waals surface area contributed by atoms with E-state index in [4.69, 9.17) is 9.26 Å². The number of carbonyl (C=O) groups is 1. The summed E-state index contributed by atoms with van der Waals surface area (Å²) in [6.07, 6.45) is 2.59. The predicted octanol–water partition coefficient (Wildman–Crippen LogP) is 1.98. The van der Waals surface area contributed by atoms with Crippen LogP contribution in [0, 0.1) is 0 Å². The minimum Gasteiger partial charge on any atom is -0.385 e. The number of benzene rings is 1. The average molecular weight is 300 g/mol. The molecule has 3 rings (SSSR count). The van der Waals surface area contributed by atoms with Crippen molar-refractivity contribution in [2.75, 3.05) is 20.3 Å². The van der Waals surface area contributed by atoms with Gasteiger partial charge in [-0.15, -0.1) is 0 Å². The zero-order valence-corrected chi connectivity index (χ0v) is 12.1. The molecule has 0 saturated carbocycles. The van der Waals surface area contributed by atoms with Crippen molar-refractivity contribution < 1.29 is 14.1 Å². The van der Waals surface area contributed by atoms with Crippen LogP contribution in [0.2, 0.25) is 0 Å². The van der Waals surface area contributed by atoms with Crippen molar-refractivity contribution in [1.29, 1.82) is 0 Å². The molecule has 0 atom stereocenters. The van der Waals surface area contributed by atoms with Crippen LogP contribution in [0.5, 0.6) is 0 Å². The smallest absolute Gasteiger partial charge is 0.316 e. The molecule has 2 N–H and O–H groups in total. The summed E-state index contributed by atoms with van der Waals surface area (Å²) < 4.78 is 9.93. The molecule has 22 heavy (non-hydrogen) atoms. The van der Waals surface area contributed by atoms with E-state index in [1.165, 1.54) is 0 Å². The van der Waals surface area contributed by atoms with Crippen LogP contribution in [0.25, 0.3) is 22.3 Å². The van der Waals surface area contributed by atoms with Gasteiger partial charge in [0.1, 0.15) is 0 Å². The Hall–Kier alpha value is -2.67. The van der Waals surface area contributed by atoms with Gasteiger partial charge in [-0.05, 0) is 23.9 Å². The summed E-state index contributed by atoms with van der Waals surface area (Å²) in [6.45, 7) is 1.09. The van der Waals surface area contributed by atoms with E-state index in [1.807, 2.05) is 30.5 Å². The van der Waals surface area contributed by atoms with Gasteiger partial charge in [-0.25, -0.2) is 0 Å². The van der Waals surface area contributed by atoms with Crippen molar-refractivity contribution in [3.05, 3.63) is 36.4 Å². The SMILES string of the molecule is COCCCNC(=O)c1nc(-c2ccc3cc[nH]c3c2)no1. The van der Waals surface area contributed by atoms with E-state index in [2.05, 4.69) is 20.4 Å². The molecule has 2 aromatic heterocycles. The number of aromatic amines is 1. The van der Waals surface area contributed by atoms with E-state index in [0.717, 1.165) is 22.9 Å². The maximum atomic E-state index is 11.9. The molecule has 1 amide bonds. The molecule has 0 aliphatic rings. The van der Waals surface area contributed by atoms with Crippen molar-refractivity contribution in [1.82, 2.24) is 20.4 Å². The Balaban J connectivity index is 1.71. The van der Waals surface area contributed by atoms with Gasteiger partial charge in [-0.1, -0.05) is 17.3 Å². The van der Waals surface area contributed by atoms with Gasteiger partial charge in [0.05, 0.1) is 0 Å². The number of nitrogens with zero attached hydrogens (tertiary/aromatic N) is 2. The summed E-state index contributed by atoms with van der Waals surface area (Å²) in [5.74, 6) is -0.0339. The summed E-state index contributed by atoms with van der Waals surface area (Å²) in [7, 11) is 1.62. The van der Waals surface area contributed by atoms with Crippen LogP contribution < -0.4 is 5.32 Å². The molecule has 114 valence electrons. The second-order valence-electron chi connectivity index (χ2n) is 4.81. The molecule has 0 bridgehead atoms. The third-order valence-electron chi connectivity index (χ3n) is 3.24. The Bertz CT molecular complexity index is 778.